The van der Waals surface area contributed by atoms with Crippen molar-refractivity contribution in [2.75, 3.05) is 26.2 Å². The van der Waals surface area contributed by atoms with Crippen molar-refractivity contribution in [1.82, 2.24) is 10.2 Å². The summed E-state index contributed by atoms with van der Waals surface area (Å²) in [5.41, 5.74) is 1.96. The van der Waals surface area contributed by atoms with Gasteiger partial charge in [-0.3, -0.25) is 4.79 Å². The molecular weight excluding hydrogens is 320 g/mol. The fourth-order valence-corrected chi connectivity index (χ4v) is 7.66. The molecule has 4 bridgehead atoms. The minimum Gasteiger partial charge on any atom is -0.341 e. The van der Waals surface area contributed by atoms with Crippen LogP contribution in [0.25, 0.3) is 0 Å². The van der Waals surface area contributed by atoms with Gasteiger partial charge in [-0.1, -0.05) is 37.3 Å². The first-order chi connectivity index (χ1) is 12.5. The molecule has 4 aliphatic carbocycles. The number of hydrogen-bond donors (Lipinski definition) is 1. The molecule has 5 fully saturated rings. The molecule has 0 spiro atoms. The number of benzene rings is 1. The topological polar surface area (TPSA) is 32.3 Å². The summed E-state index contributed by atoms with van der Waals surface area (Å²) in [4.78, 5) is 16.0. The summed E-state index contributed by atoms with van der Waals surface area (Å²) in [7, 11) is 0. The lowest BCUT2D eigenvalue weighted by Gasteiger charge is -2.66. The van der Waals surface area contributed by atoms with Crippen molar-refractivity contribution in [1.29, 1.82) is 0 Å². The highest BCUT2D eigenvalue weighted by atomic mass is 16.2. The van der Waals surface area contributed by atoms with Crippen molar-refractivity contribution < 1.29 is 4.79 Å². The number of carbonyl (C=O) groups is 1. The second kappa shape index (κ2) is 5.82. The molecule has 0 aromatic heterocycles. The Morgan fingerprint density at radius 3 is 2.69 bits per heavy atom. The monoisotopic (exact) mass is 352 g/mol. The largest absolute Gasteiger partial charge is 0.341 e. The number of nitrogens with zero attached hydrogens (tertiary/aromatic N) is 1. The highest BCUT2D eigenvalue weighted by molar-refractivity contribution is 5.84. The van der Waals surface area contributed by atoms with E-state index in [0.29, 0.717) is 11.3 Å². The third kappa shape index (κ3) is 2.54. The van der Waals surface area contributed by atoms with Crippen molar-refractivity contribution in [3.8, 4) is 0 Å². The van der Waals surface area contributed by atoms with Crippen LogP contribution in [0.2, 0.25) is 0 Å². The van der Waals surface area contributed by atoms with Crippen molar-refractivity contribution in [2.45, 2.75) is 57.3 Å². The first-order valence-electron chi connectivity index (χ1n) is 10.6. The van der Waals surface area contributed by atoms with Crippen molar-refractivity contribution in [2.24, 2.45) is 16.7 Å². The van der Waals surface area contributed by atoms with Crippen molar-refractivity contribution in [3.63, 3.8) is 0 Å². The SMILES string of the molecule is CC12CC3CC(C(=O)N4CCCNCC4)(C1)CC(c1ccccc1)(C3)C2. The van der Waals surface area contributed by atoms with Gasteiger partial charge in [-0.15, -0.1) is 0 Å². The van der Waals surface area contributed by atoms with Gasteiger partial charge in [-0.05, 0) is 73.8 Å². The molecule has 1 N–H and O–H groups in total. The van der Waals surface area contributed by atoms with E-state index in [1.807, 2.05) is 0 Å². The van der Waals surface area contributed by atoms with Gasteiger partial charge >= 0.3 is 0 Å². The summed E-state index contributed by atoms with van der Waals surface area (Å²) < 4.78 is 0. The molecule has 4 atom stereocenters. The average molecular weight is 353 g/mol. The van der Waals surface area contributed by atoms with E-state index in [1.54, 1.807) is 0 Å². The number of nitrogens with one attached hydrogen (secondary N) is 1. The summed E-state index contributed by atoms with van der Waals surface area (Å²) in [5.74, 6) is 1.21. The standard InChI is InChI=1S/C23H32N2O/c1-21-12-18-13-22(15-21,19-6-3-2-4-7-19)17-23(14-18,16-21)20(26)25-10-5-8-24-9-11-25/h2-4,6-7,18,24H,5,8-17H2,1H3. The van der Waals surface area contributed by atoms with Gasteiger partial charge in [-0.25, -0.2) is 0 Å². The molecule has 1 aromatic carbocycles. The van der Waals surface area contributed by atoms with E-state index in [9.17, 15) is 4.79 Å². The fourth-order valence-electron chi connectivity index (χ4n) is 7.66. The summed E-state index contributed by atoms with van der Waals surface area (Å²) in [5, 5.41) is 3.45. The van der Waals surface area contributed by atoms with Crippen LogP contribution in [-0.2, 0) is 10.2 Å². The molecule has 3 heteroatoms. The zero-order valence-corrected chi connectivity index (χ0v) is 16.1. The van der Waals surface area contributed by atoms with Gasteiger partial charge in [0.1, 0.15) is 0 Å². The summed E-state index contributed by atoms with van der Waals surface area (Å²) in [6, 6.07) is 11.1. The van der Waals surface area contributed by atoms with Crippen molar-refractivity contribution >= 4 is 5.91 Å². The zero-order chi connectivity index (χ0) is 17.8. The van der Waals surface area contributed by atoms with E-state index in [2.05, 4.69) is 47.5 Å². The number of rotatable bonds is 2. The Kier molecular flexibility index (Phi) is 3.76. The van der Waals surface area contributed by atoms with Crippen LogP contribution in [0.1, 0.15) is 57.4 Å². The van der Waals surface area contributed by atoms with E-state index < -0.39 is 0 Å². The van der Waals surface area contributed by atoms with Gasteiger partial charge in [0.2, 0.25) is 5.91 Å². The van der Waals surface area contributed by atoms with Crippen LogP contribution in [0.3, 0.4) is 0 Å². The molecule has 6 rings (SSSR count). The molecule has 1 aromatic rings. The highest BCUT2D eigenvalue weighted by Gasteiger charge is 2.65. The maximum atomic E-state index is 13.8. The van der Waals surface area contributed by atoms with E-state index in [4.69, 9.17) is 0 Å². The minimum absolute atomic E-state index is 0.103. The molecular formula is C23H32N2O. The molecule has 140 valence electrons. The lowest BCUT2D eigenvalue weighted by atomic mass is 9.38. The van der Waals surface area contributed by atoms with Crippen LogP contribution in [0.15, 0.2) is 30.3 Å². The molecule has 3 nitrogen and oxygen atoms in total. The molecule has 1 aliphatic heterocycles. The predicted molar refractivity (Wildman–Crippen MR) is 104 cm³/mol. The first-order valence-corrected chi connectivity index (χ1v) is 10.6. The van der Waals surface area contributed by atoms with Gasteiger partial charge in [0.15, 0.2) is 0 Å². The second-order valence-electron chi connectivity index (χ2n) is 10.1. The van der Waals surface area contributed by atoms with Crippen LogP contribution in [-0.4, -0.2) is 37.0 Å². The van der Waals surface area contributed by atoms with Crippen LogP contribution in [0.5, 0.6) is 0 Å². The van der Waals surface area contributed by atoms with Gasteiger partial charge < -0.3 is 10.2 Å². The summed E-state index contributed by atoms with van der Waals surface area (Å²) >= 11 is 0. The highest BCUT2D eigenvalue weighted by Crippen LogP contribution is 2.70. The number of hydrogen-bond acceptors (Lipinski definition) is 2. The van der Waals surface area contributed by atoms with Gasteiger partial charge in [0.05, 0.1) is 5.41 Å². The Morgan fingerprint density at radius 1 is 1.04 bits per heavy atom. The van der Waals surface area contributed by atoms with Crippen LogP contribution >= 0.6 is 0 Å². The molecule has 4 unspecified atom stereocenters. The predicted octanol–water partition coefficient (Wildman–Crippen LogP) is 3.74. The summed E-state index contributed by atoms with van der Waals surface area (Å²) in [6.07, 6.45) is 8.33. The van der Waals surface area contributed by atoms with Crippen molar-refractivity contribution in [3.05, 3.63) is 35.9 Å². The third-order valence-corrected chi connectivity index (χ3v) is 7.81. The quantitative estimate of drug-likeness (QED) is 0.879. The molecule has 0 radical (unpaired) electrons. The van der Waals surface area contributed by atoms with Gasteiger partial charge in [0, 0.05) is 19.6 Å². The smallest absolute Gasteiger partial charge is 0.228 e. The van der Waals surface area contributed by atoms with E-state index in [1.165, 1.54) is 24.8 Å². The Bertz CT molecular complexity index is 695. The average Bonchev–Trinajstić information content (AvgIpc) is 2.89. The third-order valence-electron chi connectivity index (χ3n) is 7.81. The lowest BCUT2D eigenvalue weighted by molar-refractivity contribution is -0.170. The molecule has 1 saturated heterocycles. The van der Waals surface area contributed by atoms with Crippen LogP contribution in [0.4, 0.5) is 0 Å². The molecule has 1 heterocycles. The molecule has 1 amide bonds. The van der Waals surface area contributed by atoms with Gasteiger partial charge in [-0.2, -0.15) is 0 Å². The molecule has 4 saturated carbocycles. The van der Waals surface area contributed by atoms with Crippen LogP contribution in [0, 0.1) is 16.7 Å². The summed E-state index contributed by atoms with van der Waals surface area (Å²) in [6.45, 7) is 6.30. The Labute approximate surface area is 157 Å². The fraction of sp³-hybridized carbons (Fsp3) is 0.696. The number of amides is 1. The Morgan fingerprint density at radius 2 is 1.88 bits per heavy atom. The number of carbonyl (C=O) groups excluding carboxylic acids is 1. The Hall–Kier alpha value is -1.35. The molecule has 26 heavy (non-hydrogen) atoms. The van der Waals surface area contributed by atoms with Crippen LogP contribution < -0.4 is 5.32 Å². The first kappa shape index (κ1) is 16.8. The second-order valence-corrected chi connectivity index (χ2v) is 10.1. The van der Waals surface area contributed by atoms with Gasteiger partial charge in [0.25, 0.3) is 0 Å². The van der Waals surface area contributed by atoms with E-state index >= 15 is 0 Å². The zero-order valence-electron chi connectivity index (χ0n) is 16.1. The Balaban J connectivity index is 1.52. The lowest BCUT2D eigenvalue weighted by Crippen LogP contribution is -2.62. The maximum absolute atomic E-state index is 13.8. The van der Waals surface area contributed by atoms with E-state index in [-0.39, 0.29) is 10.8 Å². The minimum atomic E-state index is -0.103. The van der Waals surface area contributed by atoms with E-state index in [0.717, 1.165) is 57.8 Å². The maximum Gasteiger partial charge on any atom is 0.228 e. The molecule has 5 aliphatic rings. The normalized spacial score (nSPS) is 41.9.